The van der Waals surface area contributed by atoms with Crippen LogP contribution in [0, 0.1) is 0 Å². The van der Waals surface area contributed by atoms with Gasteiger partial charge in [0.2, 0.25) is 15.5 Å². The Balaban J connectivity index is 1.48. The molecule has 5 heteroatoms. The Hall–Kier alpha value is -3.96. The number of sulfone groups is 1. The maximum Gasteiger partial charge on any atom is 0.209 e. The second-order valence-corrected chi connectivity index (χ2v) is 14.8. The number of benzene rings is 3. The lowest BCUT2D eigenvalue weighted by Crippen LogP contribution is -2.27. The van der Waals surface area contributed by atoms with Gasteiger partial charge in [0.15, 0.2) is 5.71 Å². The van der Waals surface area contributed by atoms with Gasteiger partial charge in [-0.05, 0) is 81.5 Å². The van der Waals surface area contributed by atoms with Crippen LogP contribution in [0.2, 0.25) is 0 Å². The number of likely N-dealkylation sites (N-methyl/N-ethyl adjacent to an activating group) is 1. The van der Waals surface area contributed by atoms with Crippen molar-refractivity contribution >= 4 is 26.9 Å². The van der Waals surface area contributed by atoms with E-state index in [0.717, 1.165) is 24.2 Å². The van der Waals surface area contributed by atoms with Crippen LogP contribution in [0.25, 0.3) is 0 Å². The average Bonchev–Trinajstić information content (AvgIpc) is 3.61. The molecule has 0 spiro atoms. The maximum absolute atomic E-state index is 14.3. The summed E-state index contributed by atoms with van der Waals surface area (Å²) in [6.45, 7) is 15.0. The fourth-order valence-electron chi connectivity index (χ4n) is 7.41. The first-order chi connectivity index (χ1) is 21.0. The zero-order valence-corrected chi connectivity index (χ0v) is 27.6. The van der Waals surface area contributed by atoms with Gasteiger partial charge in [0.05, 0.1) is 15.2 Å². The number of fused-ring (bicyclic) bond motifs is 2. The van der Waals surface area contributed by atoms with Gasteiger partial charge in [-0.2, -0.15) is 4.58 Å². The molecule has 1 aliphatic carbocycles. The Morgan fingerprint density at radius 1 is 0.773 bits per heavy atom. The molecular weight excluding hydrogens is 561 g/mol. The number of para-hydroxylation sites is 2. The highest BCUT2D eigenvalue weighted by Crippen LogP contribution is 2.48. The molecule has 0 saturated carbocycles. The molecule has 2 heterocycles. The van der Waals surface area contributed by atoms with Crippen molar-refractivity contribution in [3.05, 3.63) is 136 Å². The minimum absolute atomic E-state index is 0.184. The molecule has 0 saturated heterocycles. The molecule has 0 aromatic heterocycles. The number of nitrogens with zero attached hydrogens (tertiary/aromatic N) is 2. The Labute approximate surface area is 263 Å². The quantitative estimate of drug-likeness (QED) is 0.254. The summed E-state index contributed by atoms with van der Waals surface area (Å²) in [5.74, 6) is 0. The van der Waals surface area contributed by atoms with E-state index in [-0.39, 0.29) is 10.8 Å². The SMILES string of the molecule is CCN1/C(=C/C=C2\CCC(/C=C/C3=[N+](CC)c4ccccc4C3(C)C)=C2S(=O)(=O)c2ccccc2)C(C)(C)c2ccccc21. The zero-order chi connectivity index (χ0) is 31.3. The lowest BCUT2D eigenvalue weighted by atomic mass is 9.81. The molecule has 226 valence electrons. The minimum Gasteiger partial charge on any atom is -0.344 e. The predicted molar refractivity (Wildman–Crippen MR) is 183 cm³/mol. The predicted octanol–water partition coefficient (Wildman–Crippen LogP) is 8.79. The van der Waals surface area contributed by atoms with E-state index in [4.69, 9.17) is 0 Å². The Morgan fingerprint density at radius 2 is 1.43 bits per heavy atom. The monoisotopic (exact) mass is 603 g/mol. The van der Waals surface area contributed by atoms with Crippen molar-refractivity contribution < 1.29 is 13.0 Å². The maximum atomic E-state index is 14.3. The third kappa shape index (κ3) is 4.73. The van der Waals surface area contributed by atoms with Gasteiger partial charge < -0.3 is 4.90 Å². The van der Waals surface area contributed by atoms with E-state index in [2.05, 4.69) is 124 Å². The van der Waals surface area contributed by atoms with Crippen LogP contribution in [-0.2, 0) is 20.7 Å². The molecule has 4 nitrogen and oxygen atoms in total. The van der Waals surface area contributed by atoms with Gasteiger partial charge in [-0.25, -0.2) is 8.42 Å². The largest absolute Gasteiger partial charge is 0.344 e. The van der Waals surface area contributed by atoms with Crippen molar-refractivity contribution in [2.24, 2.45) is 0 Å². The molecule has 0 bridgehead atoms. The minimum atomic E-state index is -3.74. The number of hydrogen-bond acceptors (Lipinski definition) is 3. The van der Waals surface area contributed by atoms with Crippen LogP contribution in [0.5, 0.6) is 0 Å². The van der Waals surface area contributed by atoms with E-state index >= 15 is 0 Å². The van der Waals surface area contributed by atoms with Crippen molar-refractivity contribution in [2.75, 3.05) is 18.0 Å². The third-order valence-electron chi connectivity index (χ3n) is 9.69. The first-order valence-corrected chi connectivity index (χ1v) is 17.3. The van der Waals surface area contributed by atoms with Crippen LogP contribution in [0.15, 0.2) is 130 Å². The van der Waals surface area contributed by atoms with Crippen LogP contribution in [0.3, 0.4) is 0 Å². The highest BCUT2D eigenvalue weighted by Gasteiger charge is 2.44. The van der Waals surface area contributed by atoms with E-state index in [1.165, 1.54) is 33.9 Å². The summed E-state index contributed by atoms with van der Waals surface area (Å²) in [6.07, 6.45) is 9.83. The lowest BCUT2D eigenvalue weighted by Gasteiger charge is -2.26. The number of hydrogen-bond donors (Lipinski definition) is 0. The smallest absolute Gasteiger partial charge is 0.209 e. The van der Waals surface area contributed by atoms with E-state index in [0.29, 0.717) is 22.6 Å². The highest BCUT2D eigenvalue weighted by atomic mass is 32.2. The van der Waals surface area contributed by atoms with E-state index in [1.807, 2.05) is 6.07 Å². The van der Waals surface area contributed by atoms with Crippen molar-refractivity contribution in [3.8, 4) is 0 Å². The molecule has 0 unspecified atom stereocenters. The van der Waals surface area contributed by atoms with Gasteiger partial charge in [0.1, 0.15) is 6.54 Å². The van der Waals surface area contributed by atoms with E-state index in [1.54, 1.807) is 24.3 Å². The molecule has 3 aromatic rings. The van der Waals surface area contributed by atoms with Crippen LogP contribution in [0.4, 0.5) is 11.4 Å². The molecule has 0 amide bonds. The second kappa shape index (κ2) is 11.2. The molecular formula is C39H43N2O2S+. The van der Waals surface area contributed by atoms with Gasteiger partial charge in [0.25, 0.3) is 0 Å². The number of anilines is 1. The van der Waals surface area contributed by atoms with Crippen LogP contribution >= 0.6 is 0 Å². The van der Waals surface area contributed by atoms with Crippen molar-refractivity contribution in [1.29, 1.82) is 0 Å². The standard InChI is InChI=1S/C39H43N2O2S/c1-7-40-33-20-14-12-18-31(33)38(3,4)35(40)26-24-28-22-23-29(37(28)44(42,43)30-16-10-9-11-17-30)25-27-36-39(5,6)32-19-13-15-21-34(32)41(36)8-2/h9-21,24-27H,7-8,22-23H2,1-6H3/q+1. The Kier molecular flexibility index (Phi) is 7.65. The lowest BCUT2D eigenvalue weighted by molar-refractivity contribution is -0.433. The van der Waals surface area contributed by atoms with Gasteiger partial charge in [-0.1, -0.05) is 80.6 Å². The fourth-order valence-corrected chi connectivity index (χ4v) is 9.19. The molecule has 0 N–H and O–H groups in total. The molecule has 0 fully saturated rings. The van der Waals surface area contributed by atoms with Crippen LogP contribution < -0.4 is 4.90 Å². The summed E-state index contributed by atoms with van der Waals surface area (Å²) < 4.78 is 31.0. The highest BCUT2D eigenvalue weighted by molar-refractivity contribution is 7.95. The number of allylic oxidation sites excluding steroid dienone is 7. The molecule has 3 aromatic carbocycles. The number of rotatable bonds is 7. The summed E-state index contributed by atoms with van der Waals surface area (Å²) in [4.78, 5) is 3.14. The van der Waals surface area contributed by atoms with Crippen LogP contribution in [-0.4, -0.2) is 31.8 Å². The summed E-state index contributed by atoms with van der Waals surface area (Å²) >= 11 is 0. The Morgan fingerprint density at radius 3 is 2.14 bits per heavy atom. The summed E-state index contributed by atoms with van der Waals surface area (Å²) in [7, 11) is -3.74. The average molecular weight is 604 g/mol. The van der Waals surface area contributed by atoms with Crippen molar-refractivity contribution in [1.82, 2.24) is 0 Å². The van der Waals surface area contributed by atoms with Crippen LogP contribution in [0.1, 0.15) is 65.5 Å². The van der Waals surface area contributed by atoms with Gasteiger partial charge in [-0.3, -0.25) is 0 Å². The van der Waals surface area contributed by atoms with E-state index in [9.17, 15) is 8.42 Å². The molecule has 0 atom stereocenters. The fraction of sp³-hybridized carbons (Fsp3) is 0.308. The van der Waals surface area contributed by atoms with E-state index < -0.39 is 9.84 Å². The molecule has 3 aliphatic rings. The molecule has 0 radical (unpaired) electrons. The normalized spacial score (nSPS) is 20.8. The summed E-state index contributed by atoms with van der Waals surface area (Å²) in [6, 6.07) is 26.0. The third-order valence-corrected chi connectivity index (χ3v) is 11.6. The first-order valence-electron chi connectivity index (χ1n) is 15.8. The second-order valence-electron chi connectivity index (χ2n) is 12.9. The summed E-state index contributed by atoms with van der Waals surface area (Å²) in [5, 5.41) is 0. The molecule has 44 heavy (non-hydrogen) atoms. The zero-order valence-electron chi connectivity index (χ0n) is 26.8. The first kappa shape index (κ1) is 30.1. The van der Waals surface area contributed by atoms with Crippen molar-refractivity contribution in [3.63, 3.8) is 0 Å². The Bertz CT molecular complexity index is 1890. The van der Waals surface area contributed by atoms with Crippen molar-refractivity contribution in [2.45, 2.75) is 70.1 Å². The van der Waals surface area contributed by atoms with Gasteiger partial charge >= 0.3 is 0 Å². The van der Waals surface area contributed by atoms with Gasteiger partial charge in [0, 0.05) is 41.1 Å². The van der Waals surface area contributed by atoms with Gasteiger partial charge in [-0.15, -0.1) is 0 Å². The molecule has 2 aliphatic heterocycles. The molecule has 6 rings (SSSR count). The summed E-state index contributed by atoms with van der Waals surface area (Å²) in [5.41, 5.74) is 8.80. The topological polar surface area (TPSA) is 40.4 Å².